The van der Waals surface area contributed by atoms with Gasteiger partial charge in [-0.15, -0.1) is 0 Å². The van der Waals surface area contributed by atoms with Crippen molar-refractivity contribution < 1.29 is 9.53 Å². The molecular formula is C22H29N5O2. The summed E-state index contributed by atoms with van der Waals surface area (Å²) in [5.41, 5.74) is 3.25. The van der Waals surface area contributed by atoms with Gasteiger partial charge in [0.25, 0.3) is 5.91 Å². The molecule has 1 saturated heterocycles. The average Bonchev–Trinajstić information content (AvgIpc) is 2.69. The molecule has 0 atom stereocenters. The third-order valence-corrected chi connectivity index (χ3v) is 5.90. The maximum atomic E-state index is 12.4. The summed E-state index contributed by atoms with van der Waals surface area (Å²) in [4.78, 5) is 23.2. The van der Waals surface area contributed by atoms with Gasteiger partial charge in [0.2, 0.25) is 0 Å². The largest absolute Gasteiger partial charge is 0.377 e. The molecule has 0 spiro atoms. The molecule has 1 fully saturated rings. The van der Waals surface area contributed by atoms with Crippen molar-refractivity contribution in [2.24, 2.45) is 0 Å². The first-order valence-electron chi connectivity index (χ1n) is 10.3. The van der Waals surface area contributed by atoms with Crippen LogP contribution in [-0.2, 0) is 16.7 Å². The van der Waals surface area contributed by atoms with Crippen molar-refractivity contribution in [1.82, 2.24) is 20.2 Å². The van der Waals surface area contributed by atoms with Gasteiger partial charge in [-0.25, -0.2) is 9.97 Å². The van der Waals surface area contributed by atoms with E-state index in [1.807, 2.05) is 0 Å². The van der Waals surface area contributed by atoms with Crippen LogP contribution >= 0.6 is 0 Å². The van der Waals surface area contributed by atoms with Crippen molar-refractivity contribution in [1.29, 1.82) is 0 Å². The zero-order valence-electron chi connectivity index (χ0n) is 17.1. The van der Waals surface area contributed by atoms with Crippen molar-refractivity contribution in [3.63, 3.8) is 0 Å². The number of aromatic nitrogens is 2. The molecule has 29 heavy (non-hydrogen) atoms. The van der Waals surface area contributed by atoms with E-state index in [0.29, 0.717) is 31.3 Å². The van der Waals surface area contributed by atoms with Crippen LogP contribution in [0.3, 0.4) is 0 Å². The standard InChI is InChI=1S/C22H29N5O2/c1-22(2)18-7-4-3-6-16(18)8-11-27(22)10-5-9-23-21(28)19-12-20(25-15-24-19)26-17-13-29-14-17/h3-4,6-7,12,15,17H,5,8-11,13-14H2,1-2H3,(H,23,28)(H,24,25,26). The van der Waals surface area contributed by atoms with E-state index in [1.165, 1.54) is 17.5 Å². The normalized spacial score (nSPS) is 18.6. The molecule has 0 saturated carbocycles. The number of nitrogens with zero attached hydrogens (tertiary/aromatic N) is 3. The van der Waals surface area contributed by atoms with Gasteiger partial charge in [0.1, 0.15) is 17.8 Å². The highest BCUT2D eigenvalue weighted by molar-refractivity contribution is 5.92. The van der Waals surface area contributed by atoms with Gasteiger partial charge in [-0.3, -0.25) is 9.69 Å². The van der Waals surface area contributed by atoms with E-state index in [0.717, 1.165) is 25.9 Å². The molecule has 154 valence electrons. The SMILES string of the molecule is CC1(C)c2ccccc2CCN1CCCNC(=O)c1cc(NC2COC2)ncn1. The maximum absolute atomic E-state index is 12.4. The fourth-order valence-corrected chi connectivity index (χ4v) is 4.08. The number of hydrogen-bond acceptors (Lipinski definition) is 6. The van der Waals surface area contributed by atoms with Crippen LogP contribution in [-0.4, -0.2) is 59.7 Å². The summed E-state index contributed by atoms with van der Waals surface area (Å²) in [6.45, 7) is 8.52. The Bertz CT molecular complexity index is 866. The molecule has 1 aromatic carbocycles. The summed E-state index contributed by atoms with van der Waals surface area (Å²) >= 11 is 0. The summed E-state index contributed by atoms with van der Waals surface area (Å²) < 4.78 is 5.15. The van der Waals surface area contributed by atoms with E-state index < -0.39 is 0 Å². The van der Waals surface area contributed by atoms with Crippen LogP contribution in [0.15, 0.2) is 36.7 Å². The molecule has 7 heteroatoms. The van der Waals surface area contributed by atoms with Gasteiger partial charge in [0.05, 0.1) is 19.3 Å². The van der Waals surface area contributed by atoms with E-state index in [9.17, 15) is 4.79 Å². The number of rotatable bonds is 7. The second-order valence-electron chi connectivity index (χ2n) is 8.23. The number of carbonyl (C=O) groups excluding carboxylic acids is 1. The number of benzene rings is 1. The molecular weight excluding hydrogens is 366 g/mol. The third-order valence-electron chi connectivity index (χ3n) is 5.90. The van der Waals surface area contributed by atoms with Crippen molar-refractivity contribution in [2.75, 3.05) is 38.2 Å². The number of carbonyl (C=O) groups is 1. The van der Waals surface area contributed by atoms with Gasteiger partial charge in [-0.05, 0) is 37.8 Å². The zero-order chi connectivity index (χ0) is 20.3. The van der Waals surface area contributed by atoms with Crippen LogP contribution in [0, 0.1) is 0 Å². The molecule has 2 N–H and O–H groups in total. The fourth-order valence-electron chi connectivity index (χ4n) is 4.08. The summed E-state index contributed by atoms with van der Waals surface area (Å²) in [7, 11) is 0. The molecule has 2 aliphatic heterocycles. The molecule has 7 nitrogen and oxygen atoms in total. The molecule has 2 aliphatic rings. The highest BCUT2D eigenvalue weighted by Gasteiger charge is 2.33. The Morgan fingerprint density at radius 2 is 2.10 bits per heavy atom. The Morgan fingerprint density at radius 3 is 2.90 bits per heavy atom. The van der Waals surface area contributed by atoms with Crippen molar-refractivity contribution >= 4 is 11.7 Å². The van der Waals surface area contributed by atoms with E-state index in [1.54, 1.807) is 6.07 Å². The van der Waals surface area contributed by atoms with Crippen molar-refractivity contribution in [3.05, 3.63) is 53.5 Å². The van der Waals surface area contributed by atoms with Crippen LogP contribution in [0.4, 0.5) is 5.82 Å². The van der Waals surface area contributed by atoms with Crippen LogP contribution in [0.5, 0.6) is 0 Å². The number of hydrogen-bond donors (Lipinski definition) is 2. The third kappa shape index (κ3) is 4.41. The molecule has 0 aliphatic carbocycles. The predicted octanol–water partition coefficient (Wildman–Crippen LogP) is 2.20. The first-order chi connectivity index (χ1) is 14.0. The lowest BCUT2D eigenvalue weighted by atomic mass is 9.83. The lowest BCUT2D eigenvalue weighted by molar-refractivity contribution is 0.0209. The molecule has 2 aromatic rings. The summed E-state index contributed by atoms with van der Waals surface area (Å²) in [6, 6.07) is 10.7. The van der Waals surface area contributed by atoms with Crippen molar-refractivity contribution in [2.45, 2.75) is 38.3 Å². The Hall–Kier alpha value is -2.51. The lowest BCUT2D eigenvalue weighted by Gasteiger charge is -2.44. The second kappa shape index (κ2) is 8.47. The van der Waals surface area contributed by atoms with Crippen LogP contribution in [0.2, 0.25) is 0 Å². The van der Waals surface area contributed by atoms with Gasteiger partial charge in [-0.2, -0.15) is 0 Å². The predicted molar refractivity (Wildman–Crippen MR) is 112 cm³/mol. The number of anilines is 1. The van der Waals surface area contributed by atoms with Crippen LogP contribution in [0.1, 0.15) is 41.9 Å². The van der Waals surface area contributed by atoms with E-state index in [2.05, 4.69) is 63.6 Å². The van der Waals surface area contributed by atoms with Crippen LogP contribution in [0.25, 0.3) is 0 Å². The van der Waals surface area contributed by atoms with Gasteiger partial charge in [-0.1, -0.05) is 24.3 Å². The highest BCUT2D eigenvalue weighted by atomic mass is 16.5. The molecule has 0 unspecified atom stereocenters. The Morgan fingerprint density at radius 1 is 1.28 bits per heavy atom. The Balaban J connectivity index is 1.26. The minimum atomic E-state index is -0.163. The monoisotopic (exact) mass is 395 g/mol. The Labute approximate surface area is 171 Å². The van der Waals surface area contributed by atoms with Gasteiger partial charge < -0.3 is 15.4 Å². The number of amides is 1. The summed E-state index contributed by atoms with van der Waals surface area (Å²) in [5.74, 6) is 0.496. The lowest BCUT2D eigenvalue weighted by Crippen LogP contribution is -2.47. The quantitative estimate of drug-likeness (QED) is 0.700. The van der Waals surface area contributed by atoms with Gasteiger partial charge in [0, 0.05) is 31.2 Å². The number of fused-ring (bicyclic) bond motifs is 1. The zero-order valence-corrected chi connectivity index (χ0v) is 17.1. The highest BCUT2D eigenvalue weighted by Crippen LogP contribution is 2.34. The number of ether oxygens (including phenoxy) is 1. The topological polar surface area (TPSA) is 79.4 Å². The minimum Gasteiger partial charge on any atom is -0.377 e. The van der Waals surface area contributed by atoms with Gasteiger partial charge in [0.15, 0.2) is 0 Å². The van der Waals surface area contributed by atoms with Gasteiger partial charge >= 0.3 is 0 Å². The van der Waals surface area contributed by atoms with E-state index in [4.69, 9.17) is 4.74 Å². The van der Waals surface area contributed by atoms with E-state index >= 15 is 0 Å². The average molecular weight is 396 g/mol. The summed E-state index contributed by atoms with van der Waals surface area (Å²) in [5, 5.41) is 6.22. The smallest absolute Gasteiger partial charge is 0.270 e. The van der Waals surface area contributed by atoms with Crippen molar-refractivity contribution in [3.8, 4) is 0 Å². The Kier molecular flexibility index (Phi) is 5.78. The number of nitrogens with one attached hydrogen (secondary N) is 2. The molecule has 4 rings (SSSR count). The first kappa shape index (κ1) is 19.8. The van der Waals surface area contributed by atoms with Crippen LogP contribution < -0.4 is 10.6 Å². The van der Waals surface area contributed by atoms with E-state index in [-0.39, 0.29) is 17.5 Å². The second-order valence-corrected chi connectivity index (χ2v) is 8.23. The molecule has 3 heterocycles. The molecule has 1 aromatic heterocycles. The first-order valence-corrected chi connectivity index (χ1v) is 10.3. The molecule has 1 amide bonds. The fraction of sp³-hybridized carbons (Fsp3) is 0.500. The molecule has 0 bridgehead atoms. The maximum Gasteiger partial charge on any atom is 0.270 e. The molecule has 0 radical (unpaired) electrons. The summed E-state index contributed by atoms with van der Waals surface area (Å²) in [6.07, 6.45) is 3.39. The minimum absolute atomic E-state index is 0.0112.